The summed E-state index contributed by atoms with van der Waals surface area (Å²) in [4.78, 5) is 2.34. The van der Waals surface area contributed by atoms with Crippen LogP contribution in [0, 0.1) is 0 Å². The van der Waals surface area contributed by atoms with Crippen molar-refractivity contribution in [1.82, 2.24) is 13.5 Å². The lowest BCUT2D eigenvalue weighted by molar-refractivity contribution is 0.0879. The van der Waals surface area contributed by atoms with E-state index in [1.165, 1.54) is 0 Å². The van der Waals surface area contributed by atoms with Crippen molar-refractivity contribution >= 4 is 10.2 Å². The van der Waals surface area contributed by atoms with Gasteiger partial charge in [-0.25, -0.2) is 0 Å². The SMILES string of the molecule is CC(C)(C)N1CCN(S(=O)(=O)N2CCCCC2CN)CC1. The number of nitrogens with two attached hydrogens (primary N) is 1. The molecule has 2 aliphatic heterocycles. The Morgan fingerprint density at radius 2 is 1.67 bits per heavy atom. The summed E-state index contributed by atoms with van der Waals surface area (Å²) < 4.78 is 29.0. The lowest BCUT2D eigenvalue weighted by atomic mass is 10.1. The molecule has 0 spiro atoms. The molecule has 21 heavy (non-hydrogen) atoms. The first kappa shape index (κ1) is 17.1. The Balaban J connectivity index is 2.04. The van der Waals surface area contributed by atoms with Gasteiger partial charge in [-0.15, -0.1) is 0 Å². The van der Waals surface area contributed by atoms with Gasteiger partial charge < -0.3 is 5.73 Å². The van der Waals surface area contributed by atoms with Crippen LogP contribution in [0.25, 0.3) is 0 Å². The zero-order chi connectivity index (χ0) is 15.7. The first-order valence-corrected chi connectivity index (χ1v) is 9.38. The van der Waals surface area contributed by atoms with Crippen molar-refractivity contribution in [3.05, 3.63) is 0 Å². The van der Waals surface area contributed by atoms with Gasteiger partial charge in [0.15, 0.2) is 0 Å². The largest absolute Gasteiger partial charge is 0.329 e. The van der Waals surface area contributed by atoms with E-state index >= 15 is 0 Å². The van der Waals surface area contributed by atoms with Crippen molar-refractivity contribution < 1.29 is 8.42 Å². The summed E-state index contributed by atoms with van der Waals surface area (Å²) in [5, 5.41) is 0. The fraction of sp³-hybridized carbons (Fsp3) is 1.00. The zero-order valence-corrected chi connectivity index (χ0v) is 14.4. The van der Waals surface area contributed by atoms with E-state index in [0.717, 1.165) is 32.4 Å². The highest BCUT2D eigenvalue weighted by atomic mass is 32.2. The van der Waals surface area contributed by atoms with Crippen molar-refractivity contribution in [2.45, 2.75) is 51.6 Å². The lowest BCUT2D eigenvalue weighted by Gasteiger charge is -2.44. The predicted molar refractivity (Wildman–Crippen MR) is 85.2 cm³/mol. The molecule has 0 aromatic heterocycles. The Kier molecular flexibility index (Phi) is 5.31. The molecule has 7 heteroatoms. The van der Waals surface area contributed by atoms with Gasteiger partial charge in [0.25, 0.3) is 10.2 Å². The Bertz CT molecular complexity index is 438. The van der Waals surface area contributed by atoms with Crippen LogP contribution in [0.4, 0.5) is 0 Å². The molecule has 0 aliphatic carbocycles. The van der Waals surface area contributed by atoms with Crippen LogP contribution in [-0.4, -0.2) is 72.8 Å². The number of nitrogens with zero attached hydrogens (tertiary/aromatic N) is 3. The molecule has 2 fully saturated rings. The molecule has 2 heterocycles. The average Bonchev–Trinajstić information content (AvgIpc) is 2.46. The smallest absolute Gasteiger partial charge is 0.282 e. The first-order chi connectivity index (χ1) is 9.76. The summed E-state index contributed by atoms with van der Waals surface area (Å²) in [7, 11) is -3.36. The Morgan fingerprint density at radius 1 is 1.05 bits per heavy atom. The molecule has 6 nitrogen and oxygen atoms in total. The molecular weight excluding hydrogens is 288 g/mol. The van der Waals surface area contributed by atoms with Crippen molar-refractivity contribution in [1.29, 1.82) is 0 Å². The van der Waals surface area contributed by atoms with E-state index in [0.29, 0.717) is 26.2 Å². The second kappa shape index (κ2) is 6.50. The van der Waals surface area contributed by atoms with E-state index in [-0.39, 0.29) is 11.6 Å². The first-order valence-electron chi connectivity index (χ1n) is 7.99. The van der Waals surface area contributed by atoms with Gasteiger partial charge in [0.05, 0.1) is 0 Å². The predicted octanol–water partition coefficient (Wildman–Crippen LogP) is 0.461. The number of piperidine rings is 1. The van der Waals surface area contributed by atoms with Gasteiger partial charge in [-0.1, -0.05) is 6.42 Å². The number of piperazine rings is 1. The minimum absolute atomic E-state index is 0.0237. The molecule has 0 amide bonds. The van der Waals surface area contributed by atoms with Crippen LogP contribution >= 0.6 is 0 Å². The molecule has 2 N–H and O–H groups in total. The molecule has 2 saturated heterocycles. The van der Waals surface area contributed by atoms with Crippen molar-refractivity contribution in [2.75, 3.05) is 39.3 Å². The van der Waals surface area contributed by atoms with Gasteiger partial charge in [-0.05, 0) is 33.6 Å². The van der Waals surface area contributed by atoms with Gasteiger partial charge in [0.2, 0.25) is 0 Å². The van der Waals surface area contributed by atoms with E-state index < -0.39 is 10.2 Å². The number of hydrogen-bond donors (Lipinski definition) is 1. The monoisotopic (exact) mass is 318 g/mol. The van der Waals surface area contributed by atoms with Crippen LogP contribution in [0.15, 0.2) is 0 Å². The van der Waals surface area contributed by atoms with E-state index in [9.17, 15) is 8.42 Å². The summed E-state index contributed by atoms with van der Waals surface area (Å²) in [5.74, 6) is 0. The number of rotatable bonds is 3. The molecule has 0 aromatic carbocycles. The third-order valence-electron chi connectivity index (χ3n) is 4.66. The van der Waals surface area contributed by atoms with Crippen LogP contribution in [0.2, 0.25) is 0 Å². The maximum Gasteiger partial charge on any atom is 0.282 e. The van der Waals surface area contributed by atoms with Crippen LogP contribution < -0.4 is 5.73 Å². The fourth-order valence-corrected chi connectivity index (χ4v) is 5.10. The third-order valence-corrected chi connectivity index (χ3v) is 6.75. The molecule has 2 aliphatic rings. The minimum Gasteiger partial charge on any atom is -0.329 e. The summed E-state index contributed by atoms with van der Waals surface area (Å²) in [6.45, 7) is 10.3. The quantitative estimate of drug-likeness (QED) is 0.821. The van der Waals surface area contributed by atoms with Gasteiger partial charge in [0.1, 0.15) is 0 Å². The molecule has 1 atom stereocenters. The van der Waals surface area contributed by atoms with Crippen molar-refractivity contribution in [3.63, 3.8) is 0 Å². The third kappa shape index (κ3) is 3.76. The number of hydrogen-bond acceptors (Lipinski definition) is 4. The second-order valence-corrected chi connectivity index (χ2v) is 8.94. The molecule has 2 rings (SSSR count). The Hall–Kier alpha value is -0.210. The van der Waals surface area contributed by atoms with Gasteiger partial charge in [0, 0.05) is 50.8 Å². The molecular formula is C14H30N4O2S. The average molecular weight is 318 g/mol. The van der Waals surface area contributed by atoms with E-state index in [4.69, 9.17) is 5.73 Å². The normalized spacial score (nSPS) is 27.9. The van der Waals surface area contributed by atoms with Crippen LogP contribution in [0.5, 0.6) is 0 Å². The van der Waals surface area contributed by atoms with Crippen molar-refractivity contribution in [2.24, 2.45) is 5.73 Å². The lowest BCUT2D eigenvalue weighted by Crippen LogP contribution is -2.59. The van der Waals surface area contributed by atoms with Crippen LogP contribution in [0.1, 0.15) is 40.0 Å². The van der Waals surface area contributed by atoms with Gasteiger partial charge in [-0.2, -0.15) is 17.0 Å². The van der Waals surface area contributed by atoms with E-state index in [2.05, 4.69) is 25.7 Å². The maximum atomic E-state index is 12.8. The molecule has 0 saturated carbocycles. The highest BCUT2D eigenvalue weighted by Crippen LogP contribution is 2.24. The van der Waals surface area contributed by atoms with Crippen LogP contribution in [-0.2, 0) is 10.2 Å². The highest BCUT2D eigenvalue weighted by molar-refractivity contribution is 7.86. The maximum absolute atomic E-state index is 12.8. The van der Waals surface area contributed by atoms with Gasteiger partial charge >= 0.3 is 0 Å². The molecule has 0 aromatic rings. The molecule has 124 valence electrons. The second-order valence-electron chi connectivity index (χ2n) is 7.06. The standard InChI is InChI=1S/C14H30N4O2S/c1-14(2,3)16-8-10-17(11-9-16)21(19,20)18-7-5-4-6-13(18)12-15/h13H,4-12,15H2,1-3H3. The Labute approximate surface area is 129 Å². The highest BCUT2D eigenvalue weighted by Gasteiger charge is 2.38. The molecule has 0 bridgehead atoms. The summed E-state index contributed by atoms with van der Waals surface area (Å²) >= 11 is 0. The van der Waals surface area contributed by atoms with Crippen molar-refractivity contribution in [3.8, 4) is 0 Å². The van der Waals surface area contributed by atoms with Crippen LogP contribution in [0.3, 0.4) is 0 Å². The zero-order valence-electron chi connectivity index (χ0n) is 13.6. The minimum atomic E-state index is -3.36. The van der Waals surface area contributed by atoms with Gasteiger partial charge in [-0.3, -0.25) is 4.90 Å². The van der Waals surface area contributed by atoms with E-state index in [1.54, 1.807) is 8.61 Å². The summed E-state index contributed by atoms with van der Waals surface area (Å²) in [6.07, 6.45) is 2.90. The van der Waals surface area contributed by atoms with E-state index in [1.807, 2.05) is 0 Å². The summed E-state index contributed by atoms with van der Waals surface area (Å²) in [5.41, 5.74) is 5.86. The Morgan fingerprint density at radius 3 is 2.19 bits per heavy atom. The fourth-order valence-electron chi connectivity index (χ4n) is 3.25. The molecule has 0 radical (unpaired) electrons. The topological polar surface area (TPSA) is 69.9 Å². The summed E-state index contributed by atoms with van der Waals surface area (Å²) in [6, 6.07) is -0.0237. The molecule has 1 unspecified atom stereocenters.